The van der Waals surface area contributed by atoms with Crippen molar-refractivity contribution < 1.29 is 4.79 Å². The molecule has 0 spiro atoms. The van der Waals surface area contributed by atoms with E-state index < -0.39 is 0 Å². The second-order valence-corrected chi connectivity index (χ2v) is 11.9. The maximum atomic E-state index is 14.0. The van der Waals surface area contributed by atoms with Gasteiger partial charge in [-0.05, 0) is 78.4 Å². The van der Waals surface area contributed by atoms with E-state index in [0.29, 0.717) is 44.6 Å². The molecule has 0 saturated carbocycles. The number of fused-ring (bicyclic) bond motifs is 1. The van der Waals surface area contributed by atoms with Gasteiger partial charge < -0.3 is 16.0 Å². The Hall–Kier alpha value is -4.63. The number of para-hydroxylation sites is 3. The molecule has 0 unspecified atom stereocenters. The highest BCUT2D eigenvalue weighted by atomic mass is 79.9. The fourth-order valence-electron chi connectivity index (χ4n) is 4.94. The standard InChI is InChI=1S/C35H26BrCl2N5O2/c36-23-13-18-31-27(20-23)35(45)43(26-16-14-24(15-17-26)39-21-33(44)40-25-8-2-1-3-9-25)32(41-31)19-22-7-4-5-12-30(22)42-34-28(37)10-6-11-29(34)38/h1-18,20,39,42H,19,21H2,(H,40,44). The van der Waals surface area contributed by atoms with Gasteiger partial charge in [0.15, 0.2) is 0 Å². The van der Waals surface area contributed by atoms with Crippen molar-refractivity contribution in [1.29, 1.82) is 0 Å². The van der Waals surface area contributed by atoms with Gasteiger partial charge in [-0.25, -0.2) is 4.98 Å². The third kappa shape index (κ3) is 7.04. The summed E-state index contributed by atoms with van der Waals surface area (Å²) in [5.74, 6) is 0.385. The van der Waals surface area contributed by atoms with Crippen LogP contribution in [0, 0.1) is 0 Å². The third-order valence-corrected chi connectivity index (χ3v) is 8.25. The second kappa shape index (κ2) is 13.6. The van der Waals surface area contributed by atoms with Gasteiger partial charge >= 0.3 is 0 Å². The number of hydrogen-bond donors (Lipinski definition) is 3. The summed E-state index contributed by atoms with van der Waals surface area (Å²) in [6.45, 7) is 0.0875. The molecule has 0 atom stereocenters. The Morgan fingerprint density at radius 2 is 1.51 bits per heavy atom. The zero-order chi connectivity index (χ0) is 31.3. The number of aromatic nitrogens is 2. The number of amides is 1. The Morgan fingerprint density at radius 1 is 0.800 bits per heavy atom. The maximum Gasteiger partial charge on any atom is 0.266 e. The topological polar surface area (TPSA) is 88.1 Å². The molecule has 0 aliphatic carbocycles. The average Bonchev–Trinajstić information content (AvgIpc) is 3.04. The van der Waals surface area contributed by atoms with Crippen molar-refractivity contribution in [3.05, 3.63) is 152 Å². The lowest BCUT2D eigenvalue weighted by molar-refractivity contribution is -0.114. The van der Waals surface area contributed by atoms with Gasteiger partial charge in [-0.3, -0.25) is 14.2 Å². The molecule has 6 aromatic rings. The van der Waals surface area contributed by atoms with Gasteiger partial charge in [0.2, 0.25) is 5.91 Å². The van der Waals surface area contributed by atoms with Crippen LogP contribution in [0.3, 0.4) is 0 Å². The number of halogens is 3. The lowest BCUT2D eigenvalue weighted by atomic mass is 10.1. The first-order valence-electron chi connectivity index (χ1n) is 14.0. The van der Waals surface area contributed by atoms with Crippen molar-refractivity contribution in [2.75, 3.05) is 22.5 Å². The van der Waals surface area contributed by atoms with Crippen molar-refractivity contribution in [3.8, 4) is 5.69 Å². The van der Waals surface area contributed by atoms with E-state index in [1.54, 1.807) is 28.8 Å². The summed E-state index contributed by atoms with van der Waals surface area (Å²) in [5.41, 5.74) is 4.79. The van der Waals surface area contributed by atoms with E-state index in [2.05, 4.69) is 31.9 Å². The Labute approximate surface area is 278 Å². The van der Waals surface area contributed by atoms with Gasteiger partial charge in [0, 0.05) is 28.0 Å². The molecular weight excluding hydrogens is 673 g/mol. The van der Waals surface area contributed by atoms with Gasteiger partial charge in [0.25, 0.3) is 5.56 Å². The van der Waals surface area contributed by atoms with Crippen molar-refractivity contribution >= 4 is 78.7 Å². The van der Waals surface area contributed by atoms with E-state index >= 15 is 0 Å². The summed E-state index contributed by atoms with van der Waals surface area (Å²) >= 11 is 16.4. The third-order valence-electron chi connectivity index (χ3n) is 7.12. The molecule has 3 N–H and O–H groups in total. The minimum Gasteiger partial charge on any atom is -0.376 e. The highest BCUT2D eigenvalue weighted by Gasteiger charge is 2.17. The van der Waals surface area contributed by atoms with Gasteiger partial charge in [0.05, 0.1) is 38.9 Å². The Bertz CT molecular complexity index is 2050. The van der Waals surface area contributed by atoms with Crippen molar-refractivity contribution in [3.63, 3.8) is 0 Å². The monoisotopic (exact) mass is 697 g/mol. The SMILES string of the molecule is O=C(CNc1ccc(-n2c(Cc3ccccc3Nc3c(Cl)cccc3Cl)nc3ccc(Br)cc3c2=O)cc1)Nc1ccccc1. The van der Waals surface area contributed by atoms with E-state index in [-0.39, 0.29) is 18.0 Å². The highest BCUT2D eigenvalue weighted by Crippen LogP contribution is 2.34. The minimum atomic E-state index is -0.196. The fraction of sp³-hybridized carbons (Fsp3) is 0.0571. The largest absolute Gasteiger partial charge is 0.376 e. The fourth-order valence-corrected chi connectivity index (χ4v) is 5.80. The summed E-state index contributed by atoms with van der Waals surface area (Å²) in [4.78, 5) is 31.4. The summed E-state index contributed by atoms with van der Waals surface area (Å²) in [6, 6.07) is 35.2. The van der Waals surface area contributed by atoms with Crippen LogP contribution in [0.25, 0.3) is 16.6 Å². The Kier molecular flexibility index (Phi) is 9.16. The summed E-state index contributed by atoms with van der Waals surface area (Å²) < 4.78 is 2.41. The average molecular weight is 699 g/mol. The van der Waals surface area contributed by atoms with Gasteiger partial charge in [-0.2, -0.15) is 0 Å². The van der Waals surface area contributed by atoms with E-state index in [4.69, 9.17) is 28.2 Å². The molecule has 0 fully saturated rings. The van der Waals surface area contributed by atoms with Crippen molar-refractivity contribution in [1.82, 2.24) is 9.55 Å². The van der Waals surface area contributed by atoms with E-state index in [9.17, 15) is 9.59 Å². The Morgan fingerprint density at radius 3 is 2.27 bits per heavy atom. The minimum absolute atomic E-state index is 0.0875. The number of anilines is 4. The maximum absolute atomic E-state index is 14.0. The molecule has 6 rings (SSSR count). The zero-order valence-electron chi connectivity index (χ0n) is 23.7. The van der Waals surface area contributed by atoms with Crippen LogP contribution in [-0.2, 0) is 11.2 Å². The quantitative estimate of drug-likeness (QED) is 0.140. The number of carbonyl (C=O) groups excluding carboxylic acids is 1. The zero-order valence-corrected chi connectivity index (χ0v) is 26.8. The first kappa shape index (κ1) is 30.4. The predicted molar refractivity (Wildman–Crippen MR) is 188 cm³/mol. The molecule has 0 bridgehead atoms. The lowest BCUT2D eigenvalue weighted by Gasteiger charge is -2.17. The molecule has 1 heterocycles. The molecule has 7 nitrogen and oxygen atoms in total. The van der Waals surface area contributed by atoms with Crippen LogP contribution in [0.1, 0.15) is 11.4 Å². The van der Waals surface area contributed by atoms with Gasteiger partial charge in [-0.15, -0.1) is 0 Å². The molecule has 1 aromatic heterocycles. The molecule has 45 heavy (non-hydrogen) atoms. The number of rotatable bonds is 9. The van der Waals surface area contributed by atoms with Crippen LogP contribution in [0.5, 0.6) is 0 Å². The number of nitrogens with one attached hydrogen (secondary N) is 3. The van der Waals surface area contributed by atoms with Crippen molar-refractivity contribution in [2.24, 2.45) is 0 Å². The van der Waals surface area contributed by atoms with Gasteiger partial charge in [0.1, 0.15) is 5.82 Å². The number of nitrogens with zero attached hydrogens (tertiary/aromatic N) is 2. The smallest absolute Gasteiger partial charge is 0.266 e. The molecule has 224 valence electrons. The second-order valence-electron chi connectivity index (χ2n) is 10.2. The first-order valence-corrected chi connectivity index (χ1v) is 15.6. The number of hydrogen-bond acceptors (Lipinski definition) is 5. The molecule has 10 heteroatoms. The lowest BCUT2D eigenvalue weighted by Crippen LogP contribution is -2.24. The van der Waals surface area contributed by atoms with Crippen LogP contribution in [0.15, 0.2) is 125 Å². The van der Waals surface area contributed by atoms with E-state index in [1.807, 2.05) is 91.0 Å². The summed E-state index contributed by atoms with van der Waals surface area (Å²) in [5, 5.41) is 10.8. The highest BCUT2D eigenvalue weighted by molar-refractivity contribution is 9.10. The molecule has 0 aliphatic rings. The van der Waals surface area contributed by atoms with Crippen LogP contribution < -0.4 is 21.5 Å². The first-order chi connectivity index (χ1) is 21.9. The number of benzene rings is 5. The summed E-state index contributed by atoms with van der Waals surface area (Å²) in [6.07, 6.45) is 0.339. The van der Waals surface area contributed by atoms with Crippen LogP contribution >= 0.6 is 39.1 Å². The van der Waals surface area contributed by atoms with Gasteiger partial charge in [-0.1, -0.05) is 81.6 Å². The van der Waals surface area contributed by atoms with Crippen molar-refractivity contribution in [2.45, 2.75) is 6.42 Å². The molecule has 0 saturated heterocycles. The molecular formula is C35H26BrCl2N5O2. The predicted octanol–water partition coefficient (Wildman–Crippen LogP) is 8.84. The van der Waals surface area contributed by atoms with Crippen LogP contribution in [0.4, 0.5) is 22.7 Å². The normalized spacial score (nSPS) is 10.9. The molecule has 0 radical (unpaired) electrons. The van der Waals surface area contributed by atoms with E-state index in [1.165, 1.54) is 0 Å². The van der Waals surface area contributed by atoms with Crippen LogP contribution in [-0.4, -0.2) is 22.0 Å². The van der Waals surface area contributed by atoms with E-state index in [0.717, 1.165) is 27.1 Å². The molecule has 1 amide bonds. The molecule has 0 aliphatic heterocycles. The van der Waals surface area contributed by atoms with Crippen LogP contribution in [0.2, 0.25) is 10.0 Å². The number of carbonyl (C=O) groups is 1. The molecule has 5 aromatic carbocycles. The summed E-state index contributed by atoms with van der Waals surface area (Å²) in [7, 11) is 0. The Balaban J connectivity index is 1.32.